The molecule has 0 saturated carbocycles. The number of hydrogen-bond donors (Lipinski definition) is 0. The molecule has 4 nitrogen and oxygen atoms in total. The van der Waals surface area contributed by atoms with E-state index in [1.165, 1.54) is 0 Å². The first-order valence-electron chi connectivity index (χ1n) is 10.3. The molecule has 1 heterocycles. The van der Waals surface area contributed by atoms with E-state index in [1.807, 2.05) is 60.8 Å². The Hall–Kier alpha value is -2.79. The van der Waals surface area contributed by atoms with Crippen LogP contribution in [0.15, 0.2) is 96.0 Å². The molecule has 3 aromatic rings. The van der Waals surface area contributed by atoms with Crippen molar-refractivity contribution in [3.05, 3.63) is 108 Å². The maximum absolute atomic E-state index is 6.28. The van der Waals surface area contributed by atoms with E-state index in [0.29, 0.717) is 26.4 Å². The number of hydrogen-bond acceptors (Lipinski definition) is 4. The number of ether oxygens (including phenoxy) is 3. The molecule has 4 heteroatoms. The van der Waals surface area contributed by atoms with Crippen molar-refractivity contribution in [1.29, 1.82) is 0 Å². The molecule has 1 aliphatic rings. The van der Waals surface area contributed by atoms with Crippen molar-refractivity contribution in [3.63, 3.8) is 0 Å². The smallest absolute Gasteiger partial charge is 0.121 e. The summed E-state index contributed by atoms with van der Waals surface area (Å²) >= 11 is 0. The largest absolute Gasteiger partial charge is 0.374 e. The van der Waals surface area contributed by atoms with E-state index in [1.54, 1.807) is 0 Å². The Morgan fingerprint density at radius 1 is 0.600 bits per heavy atom. The highest BCUT2D eigenvalue weighted by molar-refractivity contribution is 5.67. The van der Waals surface area contributed by atoms with Crippen LogP contribution in [0.25, 0.3) is 0 Å². The first kappa shape index (κ1) is 20.5. The third-order valence-electron chi connectivity index (χ3n) is 5.10. The highest BCUT2D eigenvalue weighted by Gasteiger charge is 2.35. The highest BCUT2D eigenvalue weighted by Crippen LogP contribution is 2.21. The van der Waals surface area contributed by atoms with Gasteiger partial charge in [0.15, 0.2) is 0 Å². The van der Waals surface area contributed by atoms with Gasteiger partial charge in [-0.05, 0) is 16.7 Å². The Morgan fingerprint density at radius 2 is 1.10 bits per heavy atom. The zero-order valence-electron chi connectivity index (χ0n) is 17.0. The average molecular weight is 402 g/mol. The van der Waals surface area contributed by atoms with Gasteiger partial charge >= 0.3 is 0 Å². The summed E-state index contributed by atoms with van der Waals surface area (Å²) in [6.45, 7) is 2.11. The van der Waals surface area contributed by atoms with Crippen LogP contribution in [0, 0.1) is 0 Å². The van der Waals surface area contributed by atoms with Gasteiger partial charge in [0.05, 0.1) is 26.4 Å². The van der Waals surface area contributed by atoms with Crippen LogP contribution in [-0.2, 0) is 34.0 Å². The summed E-state index contributed by atoms with van der Waals surface area (Å²) in [7, 11) is 0. The first-order chi connectivity index (χ1) is 14.9. The standard InChI is InChI=1S/C26H27NO3/c1-4-10-21(11-5-1)17-28-20-24-26(30-19-23-14-8-3-9-15-23)25(16-27-24)29-18-22-12-6-2-7-13-22/h1-16,24-26H,17-20H2/t24-,25-,26+/m1/s1. The third-order valence-corrected chi connectivity index (χ3v) is 5.10. The van der Waals surface area contributed by atoms with E-state index in [-0.39, 0.29) is 18.2 Å². The van der Waals surface area contributed by atoms with E-state index in [9.17, 15) is 0 Å². The normalized spacial score (nSPS) is 20.5. The fraction of sp³-hybridized carbons (Fsp3) is 0.269. The Morgan fingerprint density at radius 3 is 1.67 bits per heavy atom. The molecule has 0 N–H and O–H groups in total. The number of rotatable bonds is 10. The molecule has 0 amide bonds. The maximum atomic E-state index is 6.28. The fourth-order valence-corrected chi connectivity index (χ4v) is 3.47. The van der Waals surface area contributed by atoms with Crippen molar-refractivity contribution >= 4 is 6.21 Å². The van der Waals surface area contributed by atoms with Gasteiger partial charge in [0.25, 0.3) is 0 Å². The monoisotopic (exact) mass is 401 g/mol. The second-order valence-corrected chi connectivity index (χ2v) is 7.39. The lowest BCUT2D eigenvalue weighted by atomic mass is 10.1. The Kier molecular flexibility index (Phi) is 7.40. The molecule has 0 spiro atoms. The van der Waals surface area contributed by atoms with E-state index in [4.69, 9.17) is 14.2 Å². The van der Waals surface area contributed by atoms with Crippen molar-refractivity contribution in [2.45, 2.75) is 38.1 Å². The predicted octanol–water partition coefficient (Wildman–Crippen LogP) is 4.83. The van der Waals surface area contributed by atoms with Gasteiger partial charge in [-0.3, -0.25) is 4.99 Å². The summed E-state index contributed by atoms with van der Waals surface area (Å²) in [5, 5.41) is 0. The van der Waals surface area contributed by atoms with Gasteiger partial charge in [-0.15, -0.1) is 0 Å². The average Bonchev–Trinajstić information content (AvgIpc) is 3.20. The zero-order valence-corrected chi connectivity index (χ0v) is 17.0. The molecule has 0 saturated heterocycles. The number of aliphatic imine (C=N–C) groups is 1. The van der Waals surface area contributed by atoms with Crippen LogP contribution in [0.1, 0.15) is 16.7 Å². The second kappa shape index (κ2) is 10.8. The molecule has 3 aromatic carbocycles. The minimum Gasteiger partial charge on any atom is -0.374 e. The molecule has 0 aromatic heterocycles. The van der Waals surface area contributed by atoms with Crippen LogP contribution in [0.2, 0.25) is 0 Å². The Bertz CT molecular complexity index is 899. The molecule has 0 fully saturated rings. The SMILES string of the molecule is C1=N[C@H](COCc2ccccc2)[C@H](OCc2ccccc2)[C@@H]1OCc1ccccc1. The highest BCUT2D eigenvalue weighted by atomic mass is 16.5. The van der Waals surface area contributed by atoms with Crippen molar-refractivity contribution in [2.24, 2.45) is 4.99 Å². The topological polar surface area (TPSA) is 40.0 Å². The molecule has 30 heavy (non-hydrogen) atoms. The molecule has 3 atom stereocenters. The summed E-state index contributed by atoms with van der Waals surface area (Å²) in [5.74, 6) is 0. The van der Waals surface area contributed by atoms with Gasteiger partial charge in [0.1, 0.15) is 18.2 Å². The van der Waals surface area contributed by atoms with Gasteiger partial charge in [0, 0.05) is 6.21 Å². The van der Waals surface area contributed by atoms with Crippen LogP contribution in [0.3, 0.4) is 0 Å². The van der Waals surface area contributed by atoms with Crippen LogP contribution >= 0.6 is 0 Å². The maximum Gasteiger partial charge on any atom is 0.121 e. The molecular formula is C26H27NO3. The van der Waals surface area contributed by atoms with Crippen LogP contribution in [0.4, 0.5) is 0 Å². The van der Waals surface area contributed by atoms with Gasteiger partial charge in [-0.2, -0.15) is 0 Å². The van der Waals surface area contributed by atoms with Crippen molar-refractivity contribution in [1.82, 2.24) is 0 Å². The molecule has 1 aliphatic heterocycles. The van der Waals surface area contributed by atoms with E-state index in [2.05, 4.69) is 41.4 Å². The number of benzene rings is 3. The van der Waals surface area contributed by atoms with Gasteiger partial charge in [0.2, 0.25) is 0 Å². The minimum absolute atomic E-state index is 0.0850. The molecular weight excluding hydrogens is 374 g/mol. The molecule has 154 valence electrons. The third kappa shape index (κ3) is 5.86. The lowest BCUT2D eigenvalue weighted by Crippen LogP contribution is -2.38. The van der Waals surface area contributed by atoms with Crippen molar-refractivity contribution in [3.8, 4) is 0 Å². The summed E-state index contributed by atoms with van der Waals surface area (Å²) in [4.78, 5) is 4.65. The summed E-state index contributed by atoms with van der Waals surface area (Å²) in [5.41, 5.74) is 3.42. The predicted molar refractivity (Wildman–Crippen MR) is 118 cm³/mol. The zero-order chi connectivity index (χ0) is 20.4. The van der Waals surface area contributed by atoms with Crippen LogP contribution < -0.4 is 0 Å². The van der Waals surface area contributed by atoms with Gasteiger partial charge in [-0.1, -0.05) is 91.0 Å². The van der Waals surface area contributed by atoms with Crippen LogP contribution in [0.5, 0.6) is 0 Å². The lowest BCUT2D eigenvalue weighted by Gasteiger charge is -2.24. The number of nitrogens with zero attached hydrogens (tertiary/aromatic N) is 1. The summed E-state index contributed by atoms with van der Waals surface area (Å²) in [6.07, 6.45) is 1.50. The molecule has 0 bridgehead atoms. The van der Waals surface area contributed by atoms with E-state index < -0.39 is 0 Å². The first-order valence-corrected chi connectivity index (χ1v) is 10.3. The fourth-order valence-electron chi connectivity index (χ4n) is 3.47. The minimum atomic E-state index is -0.195. The van der Waals surface area contributed by atoms with Crippen LogP contribution in [-0.4, -0.2) is 31.1 Å². The molecule has 0 radical (unpaired) electrons. The quantitative estimate of drug-likeness (QED) is 0.489. The van der Waals surface area contributed by atoms with Gasteiger partial charge in [-0.25, -0.2) is 0 Å². The Labute approximate surface area is 178 Å². The van der Waals surface area contributed by atoms with E-state index >= 15 is 0 Å². The lowest BCUT2D eigenvalue weighted by molar-refractivity contribution is -0.0682. The summed E-state index contributed by atoms with van der Waals surface area (Å²) < 4.78 is 18.4. The second-order valence-electron chi connectivity index (χ2n) is 7.39. The summed E-state index contributed by atoms with van der Waals surface area (Å²) in [6, 6.07) is 30.4. The molecule has 0 unspecified atom stereocenters. The Balaban J connectivity index is 1.35. The van der Waals surface area contributed by atoms with Crippen molar-refractivity contribution in [2.75, 3.05) is 6.61 Å². The molecule has 0 aliphatic carbocycles. The molecule has 4 rings (SSSR count). The van der Waals surface area contributed by atoms with Crippen molar-refractivity contribution < 1.29 is 14.2 Å². The van der Waals surface area contributed by atoms with E-state index in [0.717, 1.165) is 16.7 Å². The van der Waals surface area contributed by atoms with Gasteiger partial charge < -0.3 is 14.2 Å².